The second-order valence-corrected chi connectivity index (χ2v) is 5.90. The third-order valence-corrected chi connectivity index (χ3v) is 4.05. The smallest absolute Gasteiger partial charge is 0.172 e. The molecule has 104 valence electrons. The lowest BCUT2D eigenvalue weighted by Crippen LogP contribution is -2.29. The third-order valence-electron chi connectivity index (χ3n) is 3.32. The molecule has 2 rings (SSSR count). The molecule has 0 atom stereocenters. The maximum Gasteiger partial charge on any atom is 0.172 e. The lowest BCUT2D eigenvalue weighted by molar-refractivity contribution is 0.0908. The van der Waals surface area contributed by atoms with Gasteiger partial charge in [0.05, 0.1) is 15.5 Å². The summed E-state index contributed by atoms with van der Waals surface area (Å²) in [6, 6.07) is 10.7. The minimum absolute atomic E-state index is 0.0947. The molecule has 0 aliphatic carbocycles. The fraction of sp³-hybridized carbons (Fsp3) is 0.188. The maximum atomic E-state index is 13.0. The van der Waals surface area contributed by atoms with E-state index in [4.69, 9.17) is 23.2 Å². The Balaban J connectivity index is 2.39. The standard InChI is InChI=1S/C16H13Cl2FO/c1-16(2,11-4-6-12(19)7-5-11)15(20)10-3-8-13(17)14(18)9-10/h3-9H,1-2H3. The van der Waals surface area contributed by atoms with Gasteiger partial charge in [-0.2, -0.15) is 0 Å². The molecule has 0 radical (unpaired) electrons. The molecule has 0 spiro atoms. The van der Waals surface area contributed by atoms with E-state index in [2.05, 4.69) is 0 Å². The molecular formula is C16H13Cl2FO. The Morgan fingerprint density at radius 1 is 1.00 bits per heavy atom. The van der Waals surface area contributed by atoms with Gasteiger partial charge in [0, 0.05) is 5.56 Å². The molecule has 0 saturated heterocycles. The van der Waals surface area contributed by atoms with Gasteiger partial charge in [0.15, 0.2) is 5.78 Å². The number of hydrogen-bond donors (Lipinski definition) is 0. The van der Waals surface area contributed by atoms with E-state index in [1.54, 1.807) is 44.2 Å². The molecule has 0 bridgehead atoms. The van der Waals surface area contributed by atoms with E-state index in [0.717, 1.165) is 5.56 Å². The number of ketones is 1. The summed E-state index contributed by atoms with van der Waals surface area (Å²) in [4.78, 5) is 12.6. The van der Waals surface area contributed by atoms with Crippen LogP contribution in [0.25, 0.3) is 0 Å². The minimum Gasteiger partial charge on any atom is -0.293 e. The molecule has 20 heavy (non-hydrogen) atoms. The van der Waals surface area contributed by atoms with E-state index in [9.17, 15) is 9.18 Å². The van der Waals surface area contributed by atoms with Crippen molar-refractivity contribution in [1.29, 1.82) is 0 Å². The highest BCUT2D eigenvalue weighted by atomic mass is 35.5. The van der Waals surface area contributed by atoms with Crippen LogP contribution < -0.4 is 0 Å². The molecule has 0 aliphatic heterocycles. The lowest BCUT2D eigenvalue weighted by atomic mass is 9.78. The second kappa shape index (κ2) is 5.55. The number of benzene rings is 2. The highest BCUT2D eigenvalue weighted by molar-refractivity contribution is 6.42. The maximum absolute atomic E-state index is 13.0. The van der Waals surface area contributed by atoms with E-state index in [-0.39, 0.29) is 11.6 Å². The van der Waals surface area contributed by atoms with Crippen molar-refractivity contribution in [1.82, 2.24) is 0 Å². The summed E-state index contributed by atoms with van der Waals surface area (Å²) in [5.41, 5.74) is 0.453. The van der Waals surface area contributed by atoms with Crippen molar-refractivity contribution in [3.05, 3.63) is 69.5 Å². The molecule has 2 aromatic rings. The first-order valence-corrected chi connectivity index (χ1v) is 6.84. The lowest BCUT2D eigenvalue weighted by Gasteiger charge is -2.24. The van der Waals surface area contributed by atoms with Crippen LogP contribution in [0, 0.1) is 5.82 Å². The number of carbonyl (C=O) groups excluding carboxylic acids is 1. The van der Waals surface area contributed by atoms with E-state index >= 15 is 0 Å². The summed E-state index contributed by atoms with van der Waals surface area (Å²) in [5, 5.41) is 0.746. The van der Waals surface area contributed by atoms with Gasteiger partial charge in [0.2, 0.25) is 0 Å². The van der Waals surface area contributed by atoms with Crippen LogP contribution in [0.2, 0.25) is 10.0 Å². The summed E-state index contributed by atoms with van der Waals surface area (Å²) in [5.74, 6) is -0.422. The van der Waals surface area contributed by atoms with Crippen LogP contribution in [-0.2, 0) is 5.41 Å². The van der Waals surface area contributed by atoms with Crippen LogP contribution in [0.15, 0.2) is 42.5 Å². The van der Waals surface area contributed by atoms with Crippen LogP contribution in [0.3, 0.4) is 0 Å². The zero-order valence-corrected chi connectivity index (χ0v) is 12.6. The number of carbonyl (C=O) groups is 1. The van der Waals surface area contributed by atoms with Crippen molar-refractivity contribution >= 4 is 29.0 Å². The SMILES string of the molecule is CC(C)(C(=O)c1ccc(Cl)c(Cl)c1)c1ccc(F)cc1. The summed E-state index contributed by atoms with van der Waals surface area (Å²) in [7, 11) is 0. The van der Waals surface area contributed by atoms with Gasteiger partial charge in [-0.15, -0.1) is 0 Å². The Morgan fingerprint density at radius 3 is 2.15 bits per heavy atom. The highest BCUT2D eigenvalue weighted by Crippen LogP contribution is 2.30. The van der Waals surface area contributed by atoms with Gasteiger partial charge >= 0.3 is 0 Å². The molecule has 0 N–H and O–H groups in total. The van der Waals surface area contributed by atoms with Crippen LogP contribution in [0.1, 0.15) is 29.8 Å². The summed E-state index contributed by atoms with van der Waals surface area (Å²) in [6.45, 7) is 3.59. The predicted molar refractivity (Wildman–Crippen MR) is 80.2 cm³/mol. The highest BCUT2D eigenvalue weighted by Gasteiger charge is 2.30. The Kier molecular flexibility index (Phi) is 4.17. The third kappa shape index (κ3) is 2.87. The average Bonchev–Trinajstić information content (AvgIpc) is 2.41. The molecule has 1 nitrogen and oxygen atoms in total. The molecule has 0 amide bonds. The largest absolute Gasteiger partial charge is 0.293 e. The summed E-state index contributed by atoms with van der Waals surface area (Å²) < 4.78 is 13.0. The van der Waals surface area contributed by atoms with Crippen molar-refractivity contribution in [3.63, 3.8) is 0 Å². The molecule has 0 unspecified atom stereocenters. The van der Waals surface area contributed by atoms with Crippen molar-refractivity contribution in [2.75, 3.05) is 0 Å². The first-order valence-electron chi connectivity index (χ1n) is 6.08. The second-order valence-electron chi connectivity index (χ2n) is 5.09. The molecule has 0 fully saturated rings. The van der Waals surface area contributed by atoms with Crippen molar-refractivity contribution in [2.45, 2.75) is 19.3 Å². The molecular weight excluding hydrogens is 298 g/mol. The van der Waals surface area contributed by atoms with Gasteiger partial charge in [-0.1, -0.05) is 35.3 Å². The van der Waals surface area contributed by atoms with Gasteiger partial charge in [-0.05, 0) is 49.7 Å². The Labute approximate surface area is 127 Å². The van der Waals surface area contributed by atoms with E-state index in [1.165, 1.54) is 12.1 Å². The first kappa shape index (κ1) is 15.0. The number of hydrogen-bond acceptors (Lipinski definition) is 1. The summed E-state index contributed by atoms with van der Waals surface area (Å²) in [6.07, 6.45) is 0. The normalized spacial score (nSPS) is 11.4. The number of rotatable bonds is 3. The van der Waals surface area contributed by atoms with E-state index in [1.807, 2.05) is 0 Å². The van der Waals surface area contributed by atoms with Crippen LogP contribution in [-0.4, -0.2) is 5.78 Å². The molecule has 0 saturated carbocycles. The van der Waals surface area contributed by atoms with E-state index in [0.29, 0.717) is 15.6 Å². The Morgan fingerprint density at radius 2 is 1.60 bits per heavy atom. The number of Topliss-reactive ketones (excluding diaryl/α,β-unsaturated/α-hetero) is 1. The molecule has 0 aromatic heterocycles. The van der Waals surface area contributed by atoms with Gasteiger partial charge in [-0.25, -0.2) is 4.39 Å². The van der Waals surface area contributed by atoms with Crippen molar-refractivity contribution in [3.8, 4) is 0 Å². The fourth-order valence-electron chi connectivity index (χ4n) is 2.00. The van der Waals surface area contributed by atoms with Crippen molar-refractivity contribution < 1.29 is 9.18 Å². The predicted octanol–water partition coefficient (Wildman–Crippen LogP) is 5.29. The van der Waals surface area contributed by atoms with Gasteiger partial charge in [-0.3, -0.25) is 4.79 Å². The van der Waals surface area contributed by atoms with Crippen LogP contribution >= 0.6 is 23.2 Å². The van der Waals surface area contributed by atoms with Crippen LogP contribution in [0.5, 0.6) is 0 Å². The number of halogens is 3. The zero-order valence-electron chi connectivity index (χ0n) is 11.1. The zero-order chi connectivity index (χ0) is 14.9. The monoisotopic (exact) mass is 310 g/mol. The molecule has 2 aromatic carbocycles. The summed E-state index contributed by atoms with van der Waals surface area (Å²) >= 11 is 11.8. The van der Waals surface area contributed by atoms with Gasteiger partial charge < -0.3 is 0 Å². The minimum atomic E-state index is -0.773. The topological polar surface area (TPSA) is 17.1 Å². The first-order chi connectivity index (χ1) is 9.32. The quantitative estimate of drug-likeness (QED) is 0.704. The average molecular weight is 311 g/mol. The molecule has 0 heterocycles. The van der Waals surface area contributed by atoms with Gasteiger partial charge in [0.25, 0.3) is 0 Å². The Bertz CT molecular complexity index is 648. The molecule has 0 aliphatic rings. The fourth-order valence-corrected chi connectivity index (χ4v) is 2.29. The van der Waals surface area contributed by atoms with Gasteiger partial charge in [0.1, 0.15) is 5.82 Å². The van der Waals surface area contributed by atoms with E-state index < -0.39 is 5.41 Å². The van der Waals surface area contributed by atoms with Crippen molar-refractivity contribution in [2.24, 2.45) is 0 Å². The Hall–Kier alpha value is -1.38. The molecule has 4 heteroatoms. The van der Waals surface area contributed by atoms with Crippen LogP contribution in [0.4, 0.5) is 4.39 Å².